The summed E-state index contributed by atoms with van der Waals surface area (Å²) in [6.45, 7) is 6.42. The van der Waals surface area contributed by atoms with Crippen molar-refractivity contribution in [3.05, 3.63) is 23.5 Å². The third-order valence-electron chi connectivity index (χ3n) is 7.23. The molecule has 0 N–H and O–H groups in total. The van der Waals surface area contributed by atoms with Crippen LogP contribution in [-0.2, 0) is 27.9 Å². The second-order valence-electron chi connectivity index (χ2n) is 10.7. The molecule has 0 aromatic carbocycles. The van der Waals surface area contributed by atoms with Gasteiger partial charge in [0.05, 0.1) is 23.6 Å². The van der Waals surface area contributed by atoms with Gasteiger partial charge in [0.25, 0.3) is 0 Å². The van der Waals surface area contributed by atoms with Crippen LogP contribution >= 0.6 is 0 Å². The highest BCUT2D eigenvalue weighted by molar-refractivity contribution is 5.70. The molecule has 2 aromatic heterocycles. The fourth-order valence-corrected chi connectivity index (χ4v) is 4.97. The van der Waals surface area contributed by atoms with Gasteiger partial charge in [0.2, 0.25) is 0 Å². The van der Waals surface area contributed by atoms with Crippen molar-refractivity contribution in [3.8, 4) is 17.1 Å². The van der Waals surface area contributed by atoms with Crippen molar-refractivity contribution in [1.82, 2.24) is 24.9 Å². The number of rotatable bonds is 10. The minimum Gasteiger partial charge on any atom is -0.489 e. The summed E-state index contributed by atoms with van der Waals surface area (Å²) in [5, 5.41) is 8.40. The first kappa shape index (κ1) is 26.9. The summed E-state index contributed by atoms with van der Waals surface area (Å²) >= 11 is 0. The predicted octanol–water partition coefficient (Wildman–Crippen LogP) is 4.44. The Morgan fingerprint density at radius 2 is 1.95 bits per heavy atom. The zero-order valence-corrected chi connectivity index (χ0v) is 22.6. The molecule has 2 aliphatic carbocycles. The smallest absolute Gasteiger partial charge is 0.409 e. The summed E-state index contributed by atoms with van der Waals surface area (Å²) in [6.07, 6.45) is 6.30. The van der Waals surface area contributed by atoms with Crippen molar-refractivity contribution in [2.24, 2.45) is 18.9 Å². The fourth-order valence-electron chi connectivity index (χ4n) is 4.97. The molecule has 0 spiro atoms. The predicted molar refractivity (Wildman–Crippen MR) is 137 cm³/mol. The van der Waals surface area contributed by atoms with Crippen molar-refractivity contribution in [2.75, 3.05) is 13.6 Å². The second-order valence-corrected chi connectivity index (χ2v) is 10.7. The van der Waals surface area contributed by atoms with Crippen LogP contribution in [0.25, 0.3) is 11.4 Å². The van der Waals surface area contributed by atoms with Crippen LogP contribution in [0.1, 0.15) is 70.2 Å². The lowest BCUT2D eigenvalue weighted by atomic mass is 9.85. The number of pyridine rings is 1. The average molecular weight is 514 g/mol. The number of hydrogen-bond acceptors (Lipinski definition) is 8. The van der Waals surface area contributed by atoms with Gasteiger partial charge in [0, 0.05) is 27.1 Å². The second kappa shape index (κ2) is 11.9. The molecule has 2 aliphatic rings. The zero-order valence-electron chi connectivity index (χ0n) is 22.6. The van der Waals surface area contributed by atoms with Crippen LogP contribution in [0.15, 0.2) is 12.1 Å². The maximum atomic E-state index is 12.5. The van der Waals surface area contributed by atoms with Gasteiger partial charge in [-0.15, -0.1) is 5.10 Å². The van der Waals surface area contributed by atoms with Crippen LogP contribution in [0, 0.1) is 18.8 Å². The van der Waals surface area contributed by atoms with E-state index >= 15 is 0 Å². The Hall–Kier alpha value is -3.17. The maximum Gasteiger partial charge on any atom is 0.409 e. The van der Waals surface area contributed by atoms with Crippen molar-refractivity contribution >= 4 is 12.1 Å². The number of carbonyl (C=O) groups is 2. The lowest BCUT2D eigenvalue weighted by Crippen LogP contribution is -2.34. The molecule has 0 saturated heterocycles. The van der Waals surface area contributed by atoms with Crippen LogP contribution in [0.3, 0.4) is 0 Å². The van der Waals surface area contributed by atoms with E-state index in [1.54, 1.807) is 23.7 Å². The first-order valence-corrected chi connectivity index (χ1v) is 13.3. The lowest BCUT2D eigenvalue weighted by Gasteiger charge is -2.29. The van der Waals surface area contributed by atoms with Gasteiger partial charge in [-0.1, -0.05) is 11.6 Å². The van der Waals surface area contributed by atoms with E-state index in [0.717, 1.165) is 31.5 Å². The highest BCUT2D eigenvalue weighted by Crippen LogP contribution is 2.33. The molecule has 2 aromatic rings. The van der Waals surface area contributed by atoms with E-state index in [1.165, 1.54) is 19.3 Å². The number of ether oxygens (including phenoxy) is 3. The first-order valence-electron chi connectivity index (χ1n) is 13.3. The molecule has 0 aliphatic heterocycles. The minimum atomic E-state index is -0.348. The summed E-state index contributed by atoms with van der Waals surface area (Å²) in [5.41, 5.74) is 2.65. The maximum absolute atomic E-state index is 12.5. The van der Waals surface area contributed by atoms with E-state index in [9.17, 15) is 9.59 Å². The largest absolute Gasteiger partial charge is 0.489 e. The van der Waals surface area contributed by atoms with E-state index in [4.69, 9.17) is 19.2 Å². The highest BCUT2D eigenvalue weighted by atomic mass is 16.6. The van der Waals surface area contributed by atoms with Crippen molar-refractivity contribution in [1.29, 1.82) is 0 Å². The van der Waals surface area contributed by atoms with E-state index in [2.05, 4.69) is 10.3 Å². The Morgan fingerprint density at radius 1 is 1.16 bits per heavy atom. The SMILES string of the molecule is Cc1nc(-c2nnn(C)c2COC(=O)N(C)CC2CCC2)ccc1O[C@H]1CC[C@H](CC(=O)OC(C)C)C1. The first-order chi connectivity index (χ1) is 17.7. The number of nitrogens with zero attached hydrogens (tertiary/aromatic N) is 5. The molecule has 0 radical (unpaired) electrons. The Morgan fingerprint density at radius 3 is 2.62 bits per heavy atom. The van der Waals surface area contributed by atoms with Crippen molar-refractivity contribution in [3.63, 3.8) is 0 Å². The molecule has 2 atom stereocenters. The third-order valence-corrected chi connectivity index (χ3v) is 7.23. The quantitative estimate of drug-likeness (QED) is 0.429. The van der Waals surface area contributed by atoms with Crippen LogP contribution in [0.2, 0.25) is 0 Å². The summed E-state index contributed by atoms with van der Waals surface area (Å²) < 4.78 is 18.7. The Bertz CT molecular complexity index is 1100. The van der Waals surface area contributed by atoms with Gasteiger partial charge in [-0.3, -0.25) is 4.79 Å². The van der Waals surface area contributed by atoms with Gasteiger partial charge >= 0.3 is 12.1 Å². The standard InChI is InChI=1S/C27H39N5O5/c1-17(2)36-25(33)14-20-9-10-21(13-20)37-24-12-11-22(28-18(24)3)26-23(32(5)30-29-26)16-35-27(34)31(4)15-19-7-6-8-19/h11-12,17,19-21H,6-10,13-16H2,1-5H3/t20-,21-/m0/s1. The number of aryl methyl sites for hydroxylation is 2. The molecule has 1 amide bonds. The molecule has 10 heteroatoms. The highest BCUT2D eigenvalue weighted by Gasteiger charge is 2.29. The van der Waals surface area contributed by atoms with Crippen molar-refractivity contribution in [2.45, 2.75) is 84.5 Å². The zero-order chi connectivity index (χ0) is 26.5. The Kier molecular flexibility index (Phi) is 8.66. The van der Waals surface area contributed by atoms with Gasteiger partial charge < -0.3 is 19.1 Å². The van der Waals surface area contributed by atoms with E-state index in [-0.39, 0.29) is 36.8 Å². The number of amides is 1. The summed E-state index contributed by atoms with van der Waals surface area (Å²) in [6, 6.07) is 3.75. The fraction of sp³-hybridized carbons (Fsp3) is 0.667. The van der Waals surface area contributed by atoms with Crippen molar-refractivity contribution < 1.29 is 23.8 Å². The molecule has 4 rings (SSSR count). The topological polar surface area (TPSA) is 109 Å². The molecule has 0 unspecified atom stereocenters. The van der Waals surface area contributed by atoms with Crippen LogP contribution in [0.5, 0.6) is 5.75 Å². The molecular weight excluding hydrogens is 474 g/mol. The molecule has 2 fully saturated rings. The van der Waals surface area contributed by atoms with Gasteiger partial charge in [0.1, 0.15) is 23.7 Å². The molecule has 2 saturated carbocycles. The molecule has 37 heavy (non-hydrogen) atoms. The molecule has 202 valence electrons. The van der Waals surface area contributed by atoms with Gasteiger partial charge in [-0.25, -0.2) is 14.5 Å². The number of hydrogen-bond donors (Lipinski definition) is 0. The Labute approximate surface area is 218 Å². The Balaban J connectivity index is 1.34. The van der Waals surface area contributed by atoms with Gasteiger partial charge in [-0.05, 0) is 76.8 Å². The lowest BCUT2D eigenvalue weighted by molar-refractivity contribution is -0.148. The number of carbonyl (C=O) groups excluding carboxylic acids is 2. The third kappa shape index (κ3) is 6.99. The van der Waals surface area contributed by atoms with Crippen LogP contribution < -0.4 is 4.74 Å². The summed E-state index contributed by atoms with van der Waals surface area (Å²) in [4.78, 5) is 30.8. The molecule has 0 bridgehead atoms. The number of aromatic nitrogens is 4. The van der Waals surface area contributed by atoms with E-state index in [1.807, 2.05) is 32.9 Å². The molecule has 10 nitrogen and oxygen atoms in total. The van der Waals surface area contributed by atoms with Crippen LogP contribution in [0.4, 0.5) is 4.79 Å². The molecule has 2 heterocycles. The summed E-state index contributed by atoms with van der Waals surface area (Å²) in [7, 11) is 3.55. The average Bonchev–Trinajstić information content (AvgIpc) is 3.41. The van der Waals surface area contributed by atoms with Gasteiger partial charge in [-0.2, -0.15) is 0 Å². The van der Waals surface area contributed by atoms with E-state index in [0.29, 0.717) is 35.2 Å². The number of esters is 1. The minimum absolute atomic E-state index is 0.0478. The van der Waals surface area contributed by atoms with Crippen LogP contribution in [-0.4, -0.2) is 62.7 Å². The normalized spacial score (nSPS) is 19.5. The monoisotopic (exact) mass is 513 g/mol. The molecular formula is C27H39N5O5. The van der Waals surface area contributed by atoms with E-state index < -0.39 is 0 Å². The van der Waals surface area contributed by atoms with Gasteiger partial charge in [0.15, 0.2) is 0 Å². The summed E-state index contributed by atoms with van der Waals surface area (Å²) in [5.74, 6) is 1.43.